The lowest BCUT2D eigenvalue weighted by atomic mass is 10.0. The van der Waals surface area contributed by atoms with Crippen LogP contribution in [0.1, 0.15) is 34.8 Å². The van der Waals surface area contributed by atoms with E-state index in [4.69, 9.17) is 5.73 Å². The molecule has 0 radical (unpaired) electrons. The standard InChI is InChI=1S/C16H20N2O/c1-11-8-14(6-5-13(11)4-3-7-17)16(19)18-10-15-9-12(15)2/h5-6,8,12,15H,7,9-10,17H2,1-2H3,(H,18,19). The highest BCUT2D eigenvalue weighted by molar-refractivity contribution is 5.94. The van der Waals surface area contributed by atoms with Crippen molar-refractivity contribution in [1.82, 2.24) is 5.32 Å². The topological polar surface area (TPSA) is 55.1 Å². The summed E-state index contributed by atoms with van der Waals surface area (Å²) in [7, 11) is 0. The average Bonchev–Trinajstić information content (AvgIpc) is 3.10. The zero-order valence-corrected chi connectivity index (χ0v) is 11.5. The van der Waals surface area contributed by atoms with E-state index >= 15 is 0 Å². The third-order valence-electron chi connectivity index (χ3n) is 3.61. The average molecular weight is 256 g/mol. The van der Waals surface area contributed by atoms with E-state index in [0.717, 1.165) is 23.6 Å². The molecule has 19 heavy (non-hydrogen) atoms. The molecule has 100 valence electrons. The fraction of sp³-hybridized carbons (Fsp3) is 0.438. The normalized spacial score (nSPS) is 20.4. The van der Waals surface area contributed by atoms with Crippen LogP contribution in [0, 0.1) is 30.6 Å². The van der Waals surface area contributed by atoms with Crippen LogP contribution in [-0.2, 0) is 0 Å². The van der Waals surface area contributed by atoms with Crippen molar-refractivity contribution in [2.75, 3.05) is 13.1 Å². The van der Waals surface area contributed by atoms with E-state index in [1.165, 1.54) is 6.42 Å². The van der Waals surface area contributed by atoms with Gasteiger partial charge < -0.3 is 11.1 Å². The molecule has 0 heterocycles. The van der Waals surface area contributed by atoms with Crippen LogP contribution < -0.4 is 11.1 Å². The Kier molecular flexibility index (Phi) is 4.24. The van der Waals surface area contributed by atoms with Gasteiger partial charge in [0.25, 0.3) is 5.91 Å². The number of aryl methyl sites for hydroxylation is 1. The van der Waals surface area contributed by atoms with Crippen LogP contribution in [0.4, 0.5) is 0 Å². The van der Waals surface area contributed by atoms with Gasteiger partial charge in [0.05, 0.1) is 6.54 Å². The summed E-state index contributed by atoms with van der Waals surface area (Å²) < 4.78 is 0. The van der Waals surface area contributed by atoms with E-state index in [-0.39, 0.29) is 5.91 Å². The van der Waals surface area contributed by atoms with Crippen molar-refractivity contribution in [3.63, 3.8) is 0 Å². The van der Waals surface area contributed by atoms with Crippen LogP contribution in [0.5, 0.6) is 0 Å². The monoisotopic (exact) mass is 256 g/mol. The molecule has 1 aliphatic carbocycles. The number of benzene rings is 1. The first-order chi connectivity index (χ1) is 9.11. The van der Waals surface area contributed by atoms with Gasteiger partial charge in [-0.3, -0.25) is 4.79 Å². The molecule has 3 heteroatoms. The number of rotatable bonds is 3. The van der Waals surface area contributed by atoms with Crippen molar-refractivity contribution in [3.8, 4) is 11.8 Å². The molecule has 3 N–H and O–H groups in total. The highest BCUT2D eigenvalue weighted by atomic mass is 16.1. The van der Waals surface area contributed by atoms with Gasteiger partial charge in [-0.1, -0.05) is 18.8 Å². The van der Waals surface area contributed by atoms with E-state index in [9.17, 15) is 4.79 Å². The summed E-state index contributed by atoms with van der Waals surface area (Å²) in [5.74, 6) is 7.25. The molecule has 1 aromatic carbocycles. The van der Waals surface area contributed by atoms with Crippen molar-refractivity contribution in [1.29, 1.82) is 0 Å². The predicted molar refractivity (Wildman–Crippen MR) is 76.7 cm³/mol. The second-order valence-corrected chi connectivity index (χ2v) is 5.22. The highest BCUT2D eigenvalue weighted by Gasteiger charge is 2.32. The Morgan fingerprint density at radius 3 is 2.84 bits per heavy atom. The molecule has 0 aromatic heterocycles. The van der Waals surface area contributed by atoms with Crippen molar-refractivity contribution >= 4 is 5.91 Å². The molecule has 0 spiro atoms. The van der Waals surface area contributed by atoms with Crippen molar-refractivity contribution < 1.29 is 4.79 Å². The van der Waals surface area contributed by atoms with Crippen LogP contribution >= 0.6 is 0 Å². The summed E-state index contributed by atoms with van der Waals surface area (Å²) in [5, 5.41) is 2.99. The lowest BCUT2D eigenvalue weighted by molar-refractivity contribution is 0.0951. The minimum Gasteiger partial charge on any atom is -0.352 e. The molecule has 0 aliphatic heterocycles. The number of hydrogen-bond acceptors (Lipinski definition) is 2. The summed E-state index contributed by atoms with van der Waals surface area (Å²) in [6, 6.07) is 5.58. The largest absolute Gasteiger partial charge is 0.352 e. The van der Waals surface area contributed by atoms with Crippen LogP contribution in [0.2, 0.25) is 0 Å². The Labute approximate surface area is 114 Å². The summed E-state index contributed by atoms with van der Waals surface area (Å²) in [6.07, 6.45) is 1.23. The summed E-state index contributed by atoms with van der Waals surface area (Å²) >= 11 is 0. The Hall–Kier alpha value is -1.79. The highest BCUT2D eigenvalue weighted by Crippen LogP contribution is 2.36. The Morgan fingerprint density at radius 1 is 1.53 bits per heavy atom. The number of nitrogens with two attached hydrogens (primary N) is 1. The number of nitrogens with one attached hydrogen (secondary N) is 1. The molecule has 1 saturated carbocycles. The fourth-order valence-electron chi connectivity index (χ4n) is 2.10. The number of amides is 1. The molecule has 1 amide bonds. The third kappa shape index (κ3) is 3.59. The number of hydrogen-bond donors (Lipinski definition) is 2. The van der Waals surface area contributed by atoms with Crippen molar-refractivity contribution in [3.05, 3.63) is 34.9 Å². The summed E-state index contributed by atoms with van der Waals surface area (Å²) in [6.45, 7) is 5.31. The first-order valence-electron chi connectivity index (χ1n) is 6.69. The first-order valence-corrected chi connectivity index (χ1v) is 6.69. The lowest BCUT2D eigenvalue weighted by Crippen LogP contribution is -2.25. The van der Waals surface area contributed by atoms with E-state index in [1.54, 1.807) is 0 Å². The molecule has 1 aliphatic rings. The molecular formula is C16H20N2O. The second-order valence-electron chi connectivity index (χ2n) is 5.22. The minimum absolute atomic E-state index is 0.000494. The van der Waals surface area contributed by atoms with E-state index < -0.39 is 0 Å². The molecule has 0 saturated heterocycles. The van der Waals surface area contributed by atoms with E-state index in [0.29, 0.717) is 18.0 Å². The van der Waals surface area contributed by atoms with Crippen LogP contribution in [0.3, 0.4) is 0 Å². The van der Waals surface area contributed by atoms with Gasteiger partial charge in [-0.05, 0) is 48.9 Å². The van der Waals surface area contributed by atoms with Crippen LogP contribution in [0.25, 0.3) is 0 Å². The lowest BCUT2D eigenvalue weighted by Gasteiger charge is -2.06. The SMILES string of the molecule is Cc1cc(C(=O)NCC2CC2C)ccc1C#CCN. The molecular weight excluding hydrogens is 236 g/mol. The second kappa shape index (κ2) is 5.90. The van der Waals surface area contributed by atoms with Gasteiger partial charge in [0.1, 0.15) is 0 Å². The van der Waals surface area contributed by atoms with Gasteiger partial charge in [-0.15, -0.1) is 0 Å². The summed E-state index contributed by atoms with van der Waals surface area (Å²) in [4.78, 5) is 12.0. The van der Waals surface area contributed by atoms with Crippen LogP contribution in [0.15, 0.2) is 18.2 Å². The molecule has 0 bridgehead atoms. The fourth-order valence-corrected chi connectivity index (χ4v) is 2.10. The molecule has 1 fully saturated rings. The third-order valence-corrected chi connectivity index (χ3v) is 3.61. The molecule has 3 nitrogen and oxygen atoms in total. The van der Waals surface area contributed by atoms with Gasteiger partial charge in [-0.25, -0.2) is 0 Å². The van der Waals surface area contributed by atoms with Gasteiger partial charge in [0.15, 0.2) is 0 Å². The van der Waals surface area contributed by atoms with E-state index in [1.807, 2.05) is 25.1 Å². The molecule has 1 aromatic rings. The maximum Gasteiger partial charge on any atom is 0.251 e. The van der Waals surface area contributed by atoms with Gasteiger partial charge in [-0.2, -0.15) is 0 Å². The zero-order valence-electron chi connectivity index (χ0n) is 11.5. The Bertz CT molecular complexity index is 539. The maximum absolute atomic E-state index is 12.0. The summed E-state index contributed by atoms with van der Waals surface area (Å²) in [5.41, 5.74) is 7.99. The maximum atomic E-state index is 12.0. The smallest absolute Gasteiger partial charge is 0.251 e. The molecule has 2 unspecified atom stereocenters. The quantitative estimate of drug-likeness (QED) is 0.809. The van der Waals surface area contributed by atoms with Crippen molar-refractivity contribution in [2.24, 2.45) is 17.6 Å². The van der Waals surface area contributed by atoms with Crippen LogP contribution in [-0.4, -0.2) is 19.0 Å². The van der Waals surface area contributed by atoms with Gasteiger partial charge >= 0.3 is 0 Å². The van der Waals surface area contributed by atoms with E-state index in [2.05, 4.69) is 24.1 Å². The van der Waals surface area contributed by atoms with Gasteiger partial charge in [0.2, 0.25) is 0 Å². The Balaban J connectivity index is 2.00. The number of carbonyl (C=O) groups is 1. The van der Waals surface area contributed by atoms with Gasteiger partial charge in [0, 0.05) is 17.7 Å². The predicted octanol–water partition coefficient (Wildman–Crippen LogP) is 1.69. The first kappa shape index (κ1) is 13.6. The molecule has 2 rings (SSSR count). The zero-order chi connectivity index (χ0) is 13.8. The van der Waals surface area contributed by atoms with Crippen molar-refractivity contribution in [2.45, 2.75) is 20.3 Å². The minimum atomic E-state index is 0.000494. The molecule has 2 atom stereocenters. The Morgan fingerprint density at radius 2 is 2.26 bits per heavy atom. The number of carbonyl (C=O) groups excluding carboxylic acids is 1.